The van der Waals surface area contributed by atoms with Gasteiger partial charge in [0.1, 0.15) is 5.75 Å². The molecular weight excluding hydrogens is 287 g/mol. The van der Waals surface area contributed by atoms with Gasteiger partial charge in [0.2, 0.25) is 0 Å². The van der Waals surface area contributed by atoms with Gasteiger partial charge in [0.05, 0.1) is 11.6 Å². The number of ether oxygens (including phenoxy) is 1. The number of aromatic nitrogens is 1. The summed E-state index contributed by atoms with van der Waals surface area (Å²) in [5, 5.41) is 8.72. The monoisotopic (exact) mass is 292 g/mol. The van der Waals surface area contributed by atoms with Crippen LogP contribution in [0, 0.1) is 17.1 Å². The highest BCUT2D eigenvalue weighted by Crippen LogP contribution is 2.24. The van der Waals surface area contributed by atoms with Gasteiger partial charge >= 0.3 is 0 Å². The van der Waals surface area contributed by atoms with Crippen LogP contribution in [0.2, 0.25) is 0 Å². The minimum atomic E-state index is -0.568. The third-order valence-corrected chi connectivity index (χ3v) is 2.39. The molecule has 2 rings (SSSR count). The summed E-state index contributed by atoms with van der Waals surface area (Å²) in [5.74, 6) is -0.317. The van der Waals surface area contributed by atoms with Crippen LogP contribution in [0.4, 0.5) is 4.39 Å². The van der Waals surface area contributed by atoms with Crippen molar-refractivity contribution in [2.45, 2.75) is 0 Å². The number of nitrogens with zero attached hydrogens (tertiary/aromatic N) is 2. The van der Waals surface area contributed by atoms with Crippen molar-refractivity contribution in [2.75, 3.05) is 0 Å². The van der Waals surface area contributed by atoms with E-state index < -0.39 is 5.82 Å². The zero-order valence-electron chi connectivity index (χ0n) is 8.52. The van der Waals surface area contributed by atoms with Crippen LogP contribution in [0.25, 0.3) is 0 Å². The lowest BCUT2D eigenvalue weighted by Gasteiger charge is -2.05. The van der Waals surface area contributed by atoms with Crippen molar-refractivity contribution in [3.8, 4) is 17.7 Å². The summed E-state index contributed by atoms with van der Waals surface area (Å²) in [6, 6.07) is 9.68. The Morgan fingerprint density at radius 1 is 1.35 bits per heavy atom. The maximum absolute atomic E-state index is 13.4. The molecular formula is C12H6BrFN2O. The van der Waals surface area contributed by atoms with Gasteiger partial charge in [0, 0.05) is 10.7 Å². The fourth-order valence-corrected chi connectivity index (χ4v) is 1.52. The van der Waals surface area contributed by atoms with E-state index in [0.29, 0.717) is 15.8 Å². The molecule has 1 heterocycles. The van der Waals surface area contributed by atoms with Gasteiger partial charge in [-0.15, -0.1) is 0 Å². The first-order chi connectivity index (χ1) is 8.19. The minimum absolute atomic E-state index is 0.122. The predicted molar refractivity (Wildman–Crippen MR) is 63.1 cm³/mol. The van der Waals surface area contributed by atoms with Crippen LogP contribution in [0.5, 0.6) is 11.6 Å². The Kier molecular flexibility index (Phi) is 3.35. The van der Waals surface area contributed by atoms with Crippen LogP contribution in [-0.2, 0) is 0 Å². The van der Waals surface area contributed by atoms with Crippen LogP contribution in [-0.4, -0.2) is 4.98 Å². The van der Waals surface area contributed by atoms with Crippen molar-refractivity contribution >= 4 is 15.9 Å². The standard InChI is InChI=1S/C12H6BrFN2O/c13-9-5-11(14)12(16-7-9)17-10-3-1-2-8(4-10)6-15/h1-5,7H. The Bertz CT molecular complexity index is 595. The third kappa shape index (κ3) is 2.80. The highest BCUT2D eigenvalue weighted by atomic mass is 79.9. The summed E-state index contributed by atoms with van der Waals surface area (Å²) in [7, 11) is 0. The first-order valence-electron chi connectivity index (χ1n) is 4.68. The fraction of sp³-hybridized carbons (Fsp3) is 0. The highest BCUT2D eigenvalue weighted by molar-refractivity contribution is 9.10. The zero-order valence-corrected chi connectivity index (χ0v) is 10.1. The summed E-state index contributed by atoms with van der Waals surface area (Å²) in [6.45, 7) is 0. The van der Waals surface area contributed by atoms with Crippen molar-refractivity contribution in [3.05, 3.63) is 52.4 Å². The van der Waals surface area contributed by atoms with Crippen LogP contribution in [0.15, 0.2) is 41.0 Å². The van der Waals surface area contributed by atoms with Gasteiger partial charge in [0.25, 0.3) is 5.88 Å². The summed E-state index contributed by atoms with van der Waals surface area (Å²) in [6.07, 6.45) is 1.44. The largest absolute Gasteiger partial charge is 0.436 e. The Labute approximate surface area is 106 Å². The van der Waals surface area contributed by atoms with Gasteiger partial charge in [-0.05, 0) is 40.2 Å². The van der Waals surface area contributed by atoms with Gasteiger partial charge in [-0.1, -0.05) is 6.07 Å². The van der Waals surface area contributed by atoms with Crippen molar-refractivity contribution in [3.63, 3.8) is 0 Å². The molecule has 3 nitrogen and oxygen atoms in total. The van der Waals surface area contributed by atoms with Crippen molar-refractivity contribution < 1.29 is 9.13 Å². The number of pyridine rings is 1. The average molecular weight is 293 g/mol. The number of hydrogen-bond donors (Lipinski definition) is 0. The van der Waals surface area contributed by atoms with Crippen LogP contribution < -0.4 is 4.74 Å². The minimum Gasteiger partial charge on any atom is -0.436 e. The Morgan fingerprint density at radius 3 is 2.88 bits per heavy atom. The molecule has 84 valence electrons. The second kappa shape index (κ2) is 4.93. The number of hydrogen-bond acceptors (Lipinski definition) is 3. The molecule has 17 heavy (non-hydrogen) atoms. The first kappa shape index (κ1) is 11.6. The van der Waals surface area contributed by atoms with E-state index in [1.807, 2.05) is 6.07 Å². The van der Waals surface area contributed by atoms with Crippen LogP contribution in [0.3, 0.4) is 0 Å². The summed E-state index contributed by atoms with van der Waals surface area (Å²) < 4.78 is 19.2. The number of halogens is 2. The lowest BCUT2D eigenvalue weighted by molar-refractivity contribution is 0.422. The van der Waals surface area contributed by atoms with E-state index in [0.717, 1.165) is 0 Å². The van der Waals surface area contributed by atoms with Crippen molar-refractivity contribution in [1.29, 1.82) is 5.26 Å². The molecule has 0 radical (unpaired) electrons. The molecule has 2 aromatic rings. The van der Waals surface area contributed by atoms with Gasteiger partial charge in [-0.25, -0.2) is 9.37 Å². The second-order valence-electron chi connectivity index (χ2n) is 3.18. The molecule has 0 spiro atoms. The summed E-state index contributed by atoms with van der Waals surface area (Å²) in [5.41, 5.74) is 0.444. The maximum atomic E-state index is 13.4. The Balaban J connectivity index is 2.28. The van der Waals surface area contributed by atoms with E-state index in [-0.39, 0.29) is 5.88 Å². The van der Waals surface area contributed by atoms with E-state index in [1.165, 1.54) is 18.3 Å². The SMILES string of the molecule is N#Cc1cccc(Oc2ncc(Br)cc2F)c1. The molecule has 0 fully saturated rings. The van der Waals surface area contributed by atoms with E-state index in [1.54, 1.807) is 18.2 Å². The van der Waals surface area contributed by atoms with Gasteiger partial charge in [0.15, 0.2) is 5.82 Å². The van der Waals surface area contributed by atoms with E-state index in [2.05, 4.69) is 20.9 Å². The average Bonchev–Trinajstić information content (AvgIpc) is 2.33. The van der Waals surface area contributed by atoms with Gasteiger partial charge in [-0.3, -0.25) is 0 Å². The predicted octanol–water partition coefficient (Wildman–Crippen LogP) is 3.65. The van der Waals surface area contributed by atoms with Crippen LogP contribution >= 0.6 is 15.9 Å². The molecule has 0 aliphatic carbocycles. The second-order valence-corrected chi connectivity index (χ2v) is 4.10. The quantitative estimate of drug-likeness (QED) is 0.849. The Morgan fingerprint density at radius 2 is 2.18 bits per heavy atom. The van der Waals surface area contributed by atoms with Gasteiger partial charge in [-0.2, -0.15) is 5.26 Å². The maximum Gasteiger partial charge on any atom is 0.255 e. The molecule has 0 unspecified atom stereocenters. The molecule has 0 aliphatic rings. The smallest absolute Gasteiger partial charge is 0.255 e. The first-order valence-corrected chi connectivity index (χ1v) is 5.47. The van der Waals surface area contributed by atoms with Crippen molar-refractivity contribution in [1.82, 2.24) is 4.98 Å². The van der Waals surface area contributed by atoms with E-state index >= 15 is 0 Å². The molecule has 0 N–H and O–H groups in total. The molecule has 5 heteroatoms. The molecule has 0 amide bonds. The van der Waals surface area contributed by atoms with Crippen LogP contribution in [0.1, 0.15) is 5.56 Å². The number of benzene rings is 1. The van der Waals surface area contributed by atoms with Crippen molar-refractivity contribution in [2.24, 2.45) is 0 Å². The topological polar surface area (TPSA) is 45.9 Å². The molecule has 0 saturated carbocycles. The molecule has 0 atom stereocenters. The molecule has 0 aliphatic heterocycles. The normalized spacial score (nSPS) is 9.71. The number of nitriles is 1. The van der Waals surface area contributed by atoms with E-state index in [4.69, 9.17) is 10.00 Å². The highest BCUT2D eigenvalue weighted by Gasteiger charge is 2.07. The molecule has 0 saturated heterocycles. The number of rotatable bonds is 2. The summed E-state index contributed by atoms with van der Waals surface area (Å²) in [4.78, 5) is 3.80. The van der Waals surface area contributed by atoms with Gasteiger partial charge < -0.3 is 4.74 Å². The van der Waals surface area contributed by atoms with E-state index in [9.17, 15) is 4.39 Å². The molecule has 1 aromatic carbocycles. The summed E-state index contributed by atoms with van der Waals surface area (Å²) >= 11 is 3.10. The lowest BCUT2D eigenvalue weighted by Crippen LogP contribution is -1.92. The third-order valence-electron chi connectivity index (χ3n) is 1.95. The lowest BCUT2D eigenvalue weighted by atomic mass is 10.2. The molecule has 0 bridgehead atoms. The molecule has 1 aromatic heterocycles. The Hall–Kier alpha value is -1.93. The fourth-order valence-electron chi connectivity index (χ4n) is 1.22. The zero-order chi connectivity index (χ0) is 12.3.